The zero-order valence-corrected chi connectivity index (χ0v) is 25.5. The molecule has 0 aliphatic carbocycles. The first-order valence-corrected chi connectivity index (χ1v) is 15.3. The number of nitrogens with zero attached hydrogens (tertiary/aromatic N) is 7. The molecule has 0 saturated carbocycles. The summed E-state index contributed by atoms with van der Waals surface area (Å²) in [5.41, 5.74) is 2.98. The van der Waals surface area contributed by atoms with Gasteiger partial charge in [-0.05, 0) is 68.4 Å². The monoisotopic (exact) mass is 607 g/mol. The Morgan fingerprint density at radius 1 is 1.14 bits per heavy atom. The first-order chi connectivity index (χ1) is 21.5. The van der Waals surface area contributed by atoms with E-state index < -0.39 is 0 Å². The number of ether oxygens (including phenoxy) is 1. The molecule has 2 aromatic carbocycles. The third-order valence-corrected chi connectivity index (χ3v) is 8.97. The first kappa shape index (κ1) is 29.5. The second-order valence-electron chi connectivity index (χ2n) is 11.3. The molecule has 10 heteroatoms. The second-order valence-corrected chi connectivity index (χ2v) is 11.7. The lowest BCUT2D eigenvalue weighted by atomic mass is 10.0. The van der Waals surface area contributed by atoms with Gasteiger partial charge in [0, 0.05) is 48.9 Å². The fourth-order valence-corrected chi connectivity index (χ4v) is 6.67. The number of nitriles is 1. The molecule has 1 amide bonds. The van der Waals surface area contributed by atoms with Gasteiger partial charge in [-0.3, -0.25) is 9.69 Å². The van der Waals surface area contributed by atoms with Gasteiger partial charge < -0.3 is 19.4 Å². The molecule has 3 aliphatic heterocycles. The van der Waals surface area contributed by atoms with E-state index in [1.54, 1.807) is 11.0 Å². The minimum Gasteiger partial charge on any atom is -0.370 e. The van der Waals surface area contributed by atoms with Crippen molar-refractivity contribution in [1.82, 2.24) is 19.8 Å². The maximum atomic E-state index is 12.6. The normalized spacial score (nSPS) is 20.2. The molecule has 2 fully saturated rings. The van der Waals surface area contributed by atoms with Crippen molar-refractivity contribution >= 4 is 39.8 Å². The fraction of sp³-hybridized carbons (Fsp3) is 0.353. The number of fused-ring (bicyclic) bond motifs is 2. The largest absolute Gasteiger partial charge is 0.370 e. The molecular weight excluding hydrogens is 574 g/mol. The minimum atomic E-state index is -0.306. The summed E-state index contributed by atoms with van der Waals surface area (Å²) in [6.45, 7) is 7.50. The van der Waals surface area contributed by atoms with Gasteiger partial charge in [-0.1, -0.05) is 42.4 Å². The van der Waals surface area contributed by atoms with E-state index in [0.717, 1.165) is 65.9 Å². The van der Waals surface area contributed by atoms with Gasteiger partial charge in [-0.2, -0.15) is 15.2 Å². The van der Waals surface area contributed by atoms with E-state index in [4.69, 9.17) is 26.3 Å². The number of likely N-dealkylation sites (tertiary alicyclic amines) is 1. The zero-order valence-electron chi connectivity index (χ0n) is 24.7. The van der Waals surface area contributed by atoms with Crippen LogP contribution >= 0.6 is 11.6 Å². The molecule has 0 bridgehead atoms. The number of piperazine rings is 1. The molecule has 0 N–H and O–H groups in total. The van der Waals surface area contributed by atoms with E-state index in [9.17, 15) is 10.1 Å². The van der Waals surface area contributed by atoms with Crippen LogP contribution < -0.4 is 14.5 Å². The first-order valence-electron chi connectivity index (χ1n) is 14.9. The van der Waals surface area contributed by atoms with E-state index in [0.29, 0.717) is 31.2 Å². The molecule has 1 unspecified atom stereocenters. The summed E-state index contributed by atoms with van der Waals surface area (Å²) in [6.07, 6.45) is 10.2. The third kappa shape index (κ3) is 5.94. The number of amides is 1. The number of carbonyl (C=O) groups is 1. The average Bonchev–Trinajstić information content (AvgIpc) is 3.46. The molecule has 2 atom stereocenters. The highest BCUT2D eigenvalue weighted by molar-refractivity contribution is 6.36. The van der Waals surface area contributed by atoms with Crippen LogP contribution in [-0.4, -0.2) is 77.5 Å². The number of carbonyl (C=O) groups excluding carboxylic acids is 1. The molecule has 2 saturated heterocycles. The smallest absolute Gasteiger partial charge is 0.333 e. The van der Waals surface area contributed by atoms with E-state index in [-0.39, 0.29) is 24.0 Å². The SMILES string of the molecule is C=CC(=O)N1CCN(c2nc(OC#C[C@@H]3CCCN3C)nc3c2CCN(c2cccc4cccc(Cl)c24)C3)CC1/C=C/C#N. The number of hydrogen-bond acceptors (Lipinski definition) is 8. The summed E-state index contributed by atoms with van der Waals surface area (Å²) >= 11 is 6.69. The van der Waals surface area contributed by atoms with Gasteiger partial charge in [0.1, 0.15) is 11.9 Å². The zero-order chi connectivity index (χ0) is 30.6. The Kier molecular flexibility index (Phi) is 8.70. The predicted octanol–water partition coefficient (Wildman–Crippen LogP) is 4.56. The van der Waals surface area contributed by atoms with E-state index in [2.05, 4.69) is 70.7 Å². The lowest BCUT2D eigenvalue weighted by Gasteiger charge is -2.41. The Labute approximate surface area is 263 Å². The van der Waals surface area contributed by atoms with E-state index in [1.165, 1.54) is 12.2 Å². The van der Waals surface area contributed by atoms with Gasteiger partial charge in [0.05, 0.1) is 35.4 Å². The van der Waals surface area contributed by atoms with Crippen molar-refractivity contribution in [1.29, 1.82) is 5.26 Å². The molecule has 0 radical (unpaired) electrons. The van der Waals surface area contributed by atoms with Gasteiger partial charge in [0.25, 0.3) is 0 Å². The van der Waals surface area contributed by atoms with Gasteiger partial charge in [0.15, 0.2) is 0 Å². The van der Waals surface area contributed by atoms with Crippen LogP contribution in [0.4, 0.5) is 11.5 Å². The van der Waals surface area contributed by atoms with E-state index >= 15 is 0 Å². The number of allylic oxidation sites excluding steroid dienone is 1. The lowest BCUT2D eigenvalue weighted by Crippen LogP contribution is -2.54. The van der Waals surface area contributed by atoms with Crippen LogP contribution in [0.5, 0.6) is 6.01 Å². The van der Waals surface area contributed by atoms with Crippen LogP contribution in [0.3, 0.4) is 0 Å². The molecule has 6 rings (SSSR count). The number of hydrogen-bond donors (Lipinski definition) is 0. The second kappa shape index (κ2) is 13.0. The highest BCUT2D eigenvalue weighted by atomic mass is 35.5. The number of anilines is 2. The molecule has 3 aliphatic rings. The van der Waals surface area contributed by atoms with Crippen molar-refractivity contribution in [3.8, 4) is 24.1 Å². The van der Waals surface area contributed by atoms with Crippen LogP contribution in [0.15, 0.2) is 61.2 Å². The lowest BCUT2D eigenvalue weighted by molar-refractivity contribution is -0.127. The Morgan fingerprint density at radius 2 is 1.98 bits per heavy atom. The third-order valence-electron chi connectivity index (χ3n) is 8.65. The highest BCUT2D eigenvalue weighted by Gasteiger charge is 2.32. The van der Waals surface area contributed by atoms with Gasteiger partial charge in [0.2, 0.25) is 5.91 Å². The molecule has 0 spiro atoms. The van der Waals surface area contributed by atoms with Crippen molar-refractivity contribution in [3.05, 3.63) is 77.5 Å². The number of rotatable bonds is 5. The van der Waals surface area contributed by atoms with Crippen LogP contribution in [0.25, 0.3) is 10.8 Å². The maximum Gasteiger partial charge on any atom is 0.333 e. The van der Waals surface area contributed by atoms with Crippen LogP contribution in [-0.2, 0) is 17.8 Å². The molecule has 224 valence electrons. The molecule has 1 aromatic heterocycles. The Bertz CT molecular complexity index is 1720. The molecule has 44 heavy (non-hydrogen) atoms. The number of halogens is 1. The summed E-state index contributed by atoms with van der Waals surface area (Å²) in [6, 6.07) is 14.3. The maximum absolute atomic E-state index is 12.6. The molecule has 4 heterocycles. The average molecular weight is 608 g/mol. The fourth-order valence-electron chi connectivity index (χ4n) is 6.39. The topological polar surface area (TPSA) is 88.8 Å². The number of benzene rings is 2. The molecule has 3 aromatic rings. The van der Waals surface area contributed by atoms with E-state index in [1.807, 2.05) is 12.1 Å². The van der Waals surface area contributed by atoms with Gasteiger partial charge >= 0.3 is 6.01 Å². The Hall–Kier alpha value is -4.57. The summed E-state index contributed by atoms with van der Waals surface area (Å²) in [4.78, 5) is 30.8. The summed E-state index contributed by atoms with van der Waals surface area (Å²) in [5, 5.41) is 12.0. The quantitative estimate of drug-likeness (QED) is 0.237. The van der Waals surface area contributed by atoms with Gasteiger partial charge in [-0.15, -0.1) is 0 Å². The summed E-state index contributed by atoms with van der Waals surface area (Å²) < 4.78 is 5.90. The minimum absolute atomic E-state index is 0.154. The highest BCUT2D eigenvalue weighted by Crippen LogP contribution is 2.37. The van der Waals surface area contributed by atoms with Crippen molar-refractivity contribution in [2.24, 2.45) is 0 Å². The van der Waals surface area contributed by atoms with Crippen LogP contribution in [0.2, 0.25) is 5.02 Å². The van der Waals surface area contributed by atoms with Crippen LogP contribution in [0.1, 0.15) is 24.1 Å². The Balaban J connectivity index is 1.36. The standard InChI is InChI=1S/C34H34ClN7O2/c1-3-31(43)42-20-19-41(22-26(42)10-6-16-36)33-27-14-18-40(30-13-5-9-24-8-4-12-28(35)32(24)30)23-29(27)37-34(38-33)44-21-15-25-11-7-17-39(25)2/h3-6,8-10,12-13,25-26H,1,7,11,14,17-20,22-23H2,2H3/b10-6+/t25-,26?/m0/s1. The van der Waals surface area contributed by atoms with Crippen LogP contribution in [0, 0.1) is 23.4 Å². The summed E-state index contributed by atoms with van der Waals surface area (Å²) in [5.74, 6) is 3.83. The van der Waals surface area contributed by atoms with Crippen molar-refractivity contribution in [2.45, 2.75) is 37.9 Å². The van der Waals surface area contributed by atoms with Gasteiger partial charge in [-0.25, -0.2) is 0 Å². The predicted molar refractivity (Wildman–Crippen MR) is 172 cm³/mol. The summed E-state index contributed by atoms with van der Waals surface area (Å²) in [7, 11) is 2.07. The van der Waals surface area contributed by atoms with Crippen molar-refractivity contribution < 1.29 is 9.53 Å². The van der Waals surface area contributed by atoms with Crippen molar-refractivity contribution in [3.63, 3.8) is 0 Å². The van der Waals surface area contributed by atoms with Crippen molar-refractivity contribution in [2.75, 3.05) is 49.6 Å². The Morgan fingerprint density at radius 3 is 2.75 bits per heavy atom. The number of aromatic nitrogens is 2. The molecular formula is C34H34ClN7O2. The molecule has 9 nitrogen and oxygen atoms in total.